The van der Waals surface area contributed by atoms with E-state index >= 15 is 0 Å². The molecule has 4 aromatic heterocycles. The first-order valence-corrected chi connectivity index (χ1v) is 11.3. The van der Waals surface area contributed by atoms with E-state index in [1.54, 1.807) is 6.20 Å². The quantitative estimate of drug-likeness (QED) is 0.299. The van der Waals surface area contributed by atoms with Crippen molar-refractivity contribution in [2.45, 2.75) is 6.92 Å². The number of fused-ring (bicyclic) bond motifs is 2. The molecule has 5 heteroatoms. The van der Waals surface area contributed by atoms with E-state index in [0.29, 0.717) is 6.61 Å². The molecule has 0 bridgehead atoms. The van der Waals surface area contributed by atoms with E-state index in [1.807, 2.05) is 66.3 Å². The number of pyridine rings is 3. The highest BCUT2D eigenvalue weighted by Gasteiger charge is 2.22. The first-order chi connectivity index (χ1) is 16.8. The number of benzene rings is 2. The minimum atomic E-state index is 0.615. The molecular weight excluding hydrogens is 420 g/mol. The van der Waals surface area contributed by atoms with Gasteiger partial charge in [-0.05, 0) is 54.4 Å². The van der Waals surface area contributed by atoms with Crippen LogP contribution in [-0.2, 0) is 0 Å². The normalized spacial score (nSPS) is 11.2. The van der Waals surface area contributed by atoms with Gasteiger partial charge in [0, 0.05) is 41.2 Å². The Bertz CT molecular complexity index is 1610. The summed E-state index contributed by atoms with van der Waals surface area (Å²) in [5.74, 6) is 0.814. The molecule has 0 aliphatic heterocycles. The van der Waals surface area contributed by atoms with Crippen LogP contribution in [0.4, 0.5) is 0 Å². The fourth-order valence-corrected chi connectivity index (χ4v) is 4.49. The molecule has 0 atom stereocenters. The van der Waals surface area contributed by atoms with Crippen LogP contribution in [0.25, 0.3) is 50.1 Å². The molecule has 164 valence electrons. The predicted molar refractivity (Wildman–Crippen MR) is 136 cm³/mol. The van der Waals surface area contributed by atoms with Gasteiger partial charge in [-0.2, -0.15) is 5.10 Å². The second-order valence-electron chi connectivity index (χ2n) is 7.99. The highest BCUT2D eigenvalue weighted by molar-refractivity contribution is 6.06. The summed E-state index contributed by atoms with van der Waals surface area (Å²) in [7, 11) is 0. The molecule has 6 aromatic rings. The summed E-state index contributed by atoms with van der Waals surface area (Å²) in [5.41, 5.74) is 7.94. The third-order valence-electron chi connectivity index (χ3n) is 5.94. The summed E-state index contributed by atoms with van der Waals surface area (Å²) in [5, 5.41) is 6.05. The molecule has 0 amide bonds. The fourth-order valence-electron chi connectivity index (χ4n) is 4.49. The molecule has 0 N–H and O–H groups in total. The Hall–Kier alpha value is -4.51. The predicted octanol–water partition coefficient (Wildman–Crippen LogP) is 6.68. The number of hydrogen-bond acceptors (Lipinski definition) is 4. The minimum Gasteiger partial charge on any atom is -0.494 e. The second-order valence-corrected chi connectivity index (χ2v) is 7.99. The molecule has 0 unspecified atom stereocenters. The van der Waals surface area contributed by atoms with E-state index in [4.69, 9.17) is 9.84 Å². The molecule has 0 fully saturated rings. The van der Waals surface area contributed by atoms with E-state index < -0.39 is 0 Å². The lowest BCUT2D eigenvalue weighted by Crippen LogP contribution is -1.93. The zero-order chi connectivity index (χ0) is 22.9. The Kier molecular flexibility index (Phi) is 5.00. The molecule has 0 aliphatic carbocycles. The van der Waals surface area contributed by atoms with Crippen molar-refractivity contribution in [1.29, 1.82) is 0 Å². The summed E-state index contributed by atoms with van der Waals surface area (Å²) >= 11 is 0. The van der Waals surface area contributed by atoms with Gasteiger partial charge in [-0.15, -0.1) is 0 Å². The number of hydrogen-bond donors (Lipinski definition) is 0. The van der Waals surface area contributed by atoms with Crippen molar-refractivity contribution in [3.8, 4) is 39.4 Å². The Labute approximate surface area is 197 Å². The lowest BCUT2D eigenvalue weighted by Gasteiger charge is -2.11. The van der Waals surface area contributed by atoms with Crippen LogP contribution in [0.5, 0.6) is 5.75 Å². The van der Waals surface area contributed by atoms with Gasteiger partial charge in [0.15, 0.2) is 0 Å². The van der Waals surface area contributed by atoms with Gasteiger partial charge in [-0.1, -0.05) is 42.5 Å². The van der Waals surface area contributed by atoms with Gasteiger partial charge >= 0.3 is 0 Å². The van der Waals surface area contributed by atoms with Gasteiger partial charge < -0.3 is 4.74 Å². The Morgan fingerprint density at radius 1 is 0.794 bits per heavy atom. The van der Waals surface area contributed by atoms with Gasteiger partial charge in [0.2, 0.25) is 0 Å². The SMILES string of the molecule is CCOc1ccc2c(-c3c(-c4ccccn4)nn4cccc(-c5ccccc5)c34)ccnc2c1. The molecule has 0 aliphatic rings. The maximum Gasteiger partial charge on any atom is 0.121 e. The van der Waals surface area contributed by atoms with Gasteiger partial charge in [-0.25, -0.2) is 4.52 Å². The van der Waals surface area contributed by atoms with E-state index in [2.05, 4.69) is 52.4 Å². The van der Waals surface area contributed by atoms with Crippen LogP contribution in [0.2, 0.25) is 0 Å². The number of aromatic nitrogens is 4. The lowest BCUT2D eigenvalue weighted by molar-refractivity contribution is 0.340. The molecule has 0 spiro atoms. The standard InChI is InChI=1S/C29H22N4O/c1-2-34-21-13-14-23-24(15-17-31-26(23)19-21)27-28(25-12-6-7-16-30-25)32-33-18-8-11-22(29(27)33)20-9-4-3-5-10-20/h3-19H,2H2,1H3. The maximum absolute atomic E-state index is 5.72. The van der Waals surface area contributed by atoms with Crippen molar-refractivity contribution in [3.63, 3.8) is 0 Å². The highest BCUT2D eigenvalue weighted by Crippen LogP contribution is 2.41. The van der Waals surface area contributed by atoms with Crippen LogP contribution < -0.4 is 4.74 Å². The monoisotopic (exact) mass is 442 g/mol. The van der Waals surface area contributed by atoms with Crippen LogP contribution in [-0.4, -0.2) is 26.2 Å². The average Bonchev–Trinajstić information content (AvgIpc) is 3.29. The smallest absolute Gasteiger partial charge is 0.121 e. The van der Waals surface area contributed by atoms with Gasteiger partial charge in [0.25, 0.3) is 0 Å². The average molecular weight is 443 g/mol. The van der Waals surface area contributed by atoms with E-state index in [0.717, 1.165) is 55.8 Å². The number of rotatable bonds is 5. The van der Waals surface area contributed by atoms with Crippen LogP contribution in [0.15, 0.2) is 104 Å². The molecule has 5 nitrogen and oxygen atoms in total. The van der Waals surface area contributed by atoms with E-state index in [-0.39, 0.29) is 0 Å². The zero-order valence-corrected chi connectivity index (χ0v) is 18.7. The molecule has 4 heterocycles. The van der Waals surface area contributed by atoms with Crippen molar-refractivity contribution >= 4 is 16.4 Å². The van der Waals surface area contributed by atoms with Gasteiger partial charge in [0.1, 0.15) is 11.4 Å². The summed E-state index contributed by atoms with van der Waals surface area (Å²) in [6.07, 6.45) is 5.65. The van der Waals surface area contributed by atoms with Crippen LogP contribution in [0, 0.1) is 0 Å². The van der Waals surface area contributed by atoms with Crippen molar-refractivity contribution < 1.29 is 4.74 Å². The Morgan fingerprint density at radius 2 is 1.68 bits per heavy atom. The summed E-state index contributed by atoms with van der Waals surface area (Å²) < 4.78 is 7.68. The number of ether oxygens (including phenoxy) is 1. The molecule has 2 aromatic carbocycles. The zero-order valence-electron chi connectivity index (χ0n) is 18.7. The van der Waals surface area contributed by atoms with Crippen molar-refractivity contribution in [1.82, 2.24) is 19.6 Å². The Balaban J connectivity index is 1.71. The molecular formula is C29H22N4O. The lowest BCUT2D eigenvalue weighted by atomic mass is 9.95. The first kappa shape index (κ1) is 20.1. The van der Waals surface area contributed by atoms with Crippen molar-refractivity contribution in [3.05, 3.63) is 104 Å². The molecule has 0 saturated heterocycles. The van der Waals surface area contributed by atoms with E-state index in [1.165, 1.54) is 0 Å². The Morgan fingerprint density at radius 3 is 2.50 bits per heavy atom. The maximum atomic E-state index is 5.72. The molecule has 0 saturated carbocycles. The fraction of sp³-hybridized carbons (Fsp3) is 0.0690. The minimum absolute atomic E-state index is 0.615. The van der Waals surface area contributed by atoms with Gasteiger partial charge in [-0.3, -0.25) is 9.97 Å². The van der Waals surface area contributed by atoms with Gasteiger partial charge in [0.05, 0.1) is 23.3 Å². The summed E-state index contributed by atoms with van der Waals surface area (Å²) in [6.45, 7) is 2.60. The third-order valence-corrected chi connectivity index (χ3v) is 5.94. The molecule has 34 heavy (non-hydrogen) atoms. The van der Waals surface area contributed by atoms with E-state index in [9.17, 15) is 0 Å². The summed E-state index contributed by atoms with van der Waals surface area (Å²) in [4.78, 5) is 9.27. The van der Waals surface area contributed by atoms with Crippen molar-refractivity contribution in [2.75, 3.05) is 6.61 Å². The third kappa shape index (κ3) is 3.39. The summed E-state index contributed by atoms with van der Waals surface area (Å²) in [6, 6.07) is 28.7. The molecule has 6 rings (SSSR count). The molecule has 0 radical (unpaired) electrons. The largest absolute Gasteiger partial charge is 0.494 e. The van der Waals surface area contributed by atoms with Crippen LogP contribution in [0.3, 0.4) is 0 Å². The topological polar surface area (TPSA) is 52.3 Å². The number of nitrogens with zero attached hydrogens (tertiary/aromatic N) is 4. The van der Waals surface area contributed by atoms with Crippen LogP contribution in [0.1, 0.15) is 6.92 Å². The van der Waals surface area contributed by atoms with Crippen molar-refractivity contribution in [2.24, 2.45) is 0 Å². The van der Waals surface area contributed by atoms with Crippen LogP contribution >= 0.6 is 0 Å². The first-order valence-electron chi connectivity index (χ1n) is 11.3. The highest BCUT2D eigenvalue weighted by atomic mass is 16.5. The second kappa shape index (κ2) is 8.45.